The Morgan fingerprint density at radius 1 is 1.39 bits per heavy atom. The van der Waals surface area contributed by atoms with Crippen LogP contribution in [0.5, 0.6) is 0 Å². The zero-order valence-corrected chi connectivity index (χ0v) is 20.8. The summed E-state index contributed by atoms with van der Waals surface area (Å²) >= 11 is 1.21. The van der Waals surface area contributed by atoms with Gasteiger partial charge < -0.3 is 25.6 Å². The lowest BCUT2D eigenvalue weighted by molar-refractivity contribution is 0.0286. The summed E-state index contributed by atoms with van der Waals surface area (Å²) in [7, 11) is -2.96. The number of amides is 1. The zero-order valence-electron chi connectivity index (χ0n) is 19.1. The van der Waals surface area contributed by atoms with Crippen molar-refractivity contribution in [2.75, 3.05) is 7.11 Å². The number of allylic oxidation sites excluding steroid dienone is 1. The number of thiazole rings is 1. The van der Waals surface area contributed by atoms with Gasteiger partial charge in [0.2, 0.25) is 0 Å². The van der Waals surface area contributed by atoms with Gasteiger partial charge in [-0.15, -0.1) is 11.3 Å². The summed E-state index contributed by atoms with van der Waals surface area (Å²) in [5.74, 6) is -0.488. The summed E-state index contributed by atoms with van der Waals surface area (Å²) in [6.07, 6.45) is 7.86. The molecule has 1 fully saturated rings. The van der Waals surface area contributed by atoms with Crippen LogP contribution in [-0.2, 0) is 20.6 Å². The van der Waals surface area contributed by atoms with Crippen molar-refractivity contribution in [2.45, 2.75) is 31.7 Å². The first-order valence-electron chi connectivity index (χ1n) is 10.7. The van der Waals surface area contributed by atoms with Gasteiger partial charge in [0.25, 0.3) is 5.91 Å². The molecule has 0 atom stereocenters. The summed E-state index contributed by atoms with van der Waals surface area (Å²) in [6, 6.07) is 5.36. The van der Waals surface area contributed by atoms with Gasteiger partial charge >= 0.3 is 7.82 Å². The molecule has 3 heterocycles. The number of methoxy groups -OCH3 is 1. The van der Waals surface area contributed by atoms with E-state index in [-0.39, 0.29) is 23.5 Å². The van der Waals surface area contributed by atoms with Gasteiger partial charge in [0, 0.05) is 36.7 Å². The molecule has 3 aromatic rings. The van der Waals surface area contributed by atoms with E-state index in [4.69, 9.17) is 20.3 Å². The highest BCUT2D eigenvalue weighted by molar-refractivity contribution is 7.46. The molecule has 1 aliphatic carbocycles. The standard InChI is InChI=1S/C21H24N7O6PS/c1-33-15-6-14(7-15)24-9-17(19(22)16-4-2-3-5-23-16)26-20(29)18-11-36-21(27-18)13-8-25-28(10-13)12-34-35(30,31)32/h2-5,8-11,14-15H,6-7,12,22H2,1H3,(H,26,29)(H2,30,31,32)/b19-17+,24-9?. The highest BCUT2D eigenvalue weighted by Gasteiger charge is 2.28. The molecule has 1 saturated carbocycles. The SMILES string of the molecule is COC1CC(N=C/C(NC(=O)c2csc(-c3cnn(COP(=O)(O)O)c3)n2)=C(\N)c2ccccn2)C1. The van der Waals surface area contributed by atoms with E-state index in [0.29, 0.717) is 22.0 Å². The van der Waals surface area contributed by atoms with Crippen molar-refractivity contribution < 1.29 is 28.4 Å². The van der Waals surface area contributed by atoms with Crippen molar-refractivity contribution in [3.63, 3.8) is 0 Å². The second-order valence-electron chi connectivity index (χ2n) is 7.81. The van der Waals surface area contributed by atoms with Crippen LogP contribution in [0.25, 0.3) is 16.3 Å². The van der Waals surface area contributed by atoms with Gasteiger partial charge in [-0.25, -0.2) is 14.2 Å². The molecule has 0 unspecified atom stereocenters. The number of carbonyl (C=O) groups is 1. The highest BCUT2D eigenvalue weighted by atomic mass is 32.1. The van der Waals surface area contributed by atoms with E-state index in [1.807, 2.05) is 0 Å². The average molecular weight is 534 g/mol. The molecule has 0 radical (unpaired) electrons. The van der Waals surface area contributed by atoms with Crippen LogP contribution in [0.1, 0.15) is 29.0 Å². The molecule has 190 valence electrons. The third kappa shape index (κ3) is 6.69. The molecule has 1 amide bonds. The largest absolute Gasteiger partial charge is 0.471 e. The maximum absolute atomic E-state index is 13.0. The molecule has 0 saturated heterocycles. The predicted octanol–water partition coefficient (Wildman–Crippen LogP) is 1.77. The molecule has 1 aliphatic rings. The van der Waals surface area contributed by atoms with Crippen LogP contribution in [0.15, 0.2) is 52.9 Å². The number of nitrogens with two attached hydrogens (primary N) is 1. The molecule has 0 spiro atoms. The monoisotopic (exact) mass is 533 g/mol. The molecule has 4 rings (SSSR count). The lowest BCUT2D eigenvalue weighted by Gasteiger charge is -2.31. The van der Waals surface area contributed by atoms with Crippen molar-refractivity contribution in [2.24, 2.45) is 10.7 Å². The van der Waals surface area contributed by atoms with Crippen LogP contribution in [0, 0.1) is 0 Å². The van der Waals surface area contributed by atoms with Crippen molar-refractivity contribution in [1.82, 2.24) is 25.1 Å². The number of nitrogens with zero attached hydrogens (tertiary/aromatic N) is 5. The Morgan fingerprint density at radius 2 is 2.19 bits per heavy atom. The van der Waals surface area contributed by atoms with Crippen molar-refractivity contribution in [3.8, 4) is 10.6 Å². The van der Waals surface area contributed by atoms with E-state index in [1.54, 1.807) is 36.9 Å². The third-order valence-electron chi connectivity index (χ3n) is 5.27. The molecular formula is C21H24N7O6PS. The Hall–Kier alpha value is -3.26. The van der Waals surface area contributed by atoms with Gasteiger partial charge in [-0.3, -0.25) is 19.3 Å². The maximum Gasteiger partial charge on any atom is 0.471 e. The number of carbonyl (C=O) groups excluding carboxylic acids is 1. The Balaban J connectivity index is 1.49. The number of hydrogen-bond acceptors (Lipinski definition) is 10. The molecule has 15 heteroatoms. The minimum Gasteiger partial charge on any atom is -0.395 e. The summed E-state index contributed by atoms with van der Waals surface area (Å²) in [4.78, 5) is 43.8. The number of hydrogen-bond donors (Lipinski definition) is 4. The van der Waals surface area contributed by atoms with Gasteiger partial charge in [-0.2, -0.15) is 5.10 Å². The van der Waals surface area contributed by atoms with E-state index in [2.05, 4.69) is 29.9 Å². The van der Waals surface area contributed by atoms with Gasteiger partial charge in [-0.1, -0.05) is 6.07 Å². The minimum atomic E-state index is -4.63. The minimum absolute atomic E-state index is 0.0790. The Labute approximate surface area is 209 Å². The predicted molar refractivity (Wildman–Crippen MR) is 132 cm³/mol. The van der Waals surface area contributed by atoms with E-state index in [0.717, 1.165) is 12.8 Å². The second-order valence-corrected chi connectivity index (χ2v) is 9.91. The van der Waals surface area contributed by atoms with Crippen molar-refractivity contribution in [1.29, 1.82) is 0 Å². The number of nitrogens with one attached hydrogen (secondary N) is 1. The average Bonchev–Trinajstić information content (AvgIpc) is 3.50. The molecule has 3 aromatic heterocycles. The Kier molecular flexibility index (Phi) is 8.04. The molecule has 36 heavy (non-hydrogen) atoms. The summed E-state index contributed by atoms with van der Waals surface area (Å²) in [6.45, 7) is -0.435. The van der Waals surface area contributed by atoms with Crippen LogP contribution in [0.3, 0.4) is 0 Å². The van der Waals surface area contributed by atoms with Crippen LogP contribution < -0.4 is 11.1 Å². The Morgan fingerprint density at radius 3 is 2.89 bits per heavy atom. The van der Waals surface area contributed by atoms with Gasteiger partial charge in [0.15, 0.2) is 6.73 Å². The highest BCUT2D eigenvalue weighted by Crippen LogP contribution is 2.36. The fourth-order valence-electron chi connectivity index (χ4n) is 3.24. The lowest BCUT2D eigenvalue weighted by Crippen LogP contribution is -2.34. The second kappa shape index (κ2) is 11.2. The van der Waals surface area contributed by atoms with E-state index in [9.17, 15) is 9.36 Å². The van der Waals surface area contributed by atoms with Crippen LogP contribution in [0.4, 0.5) is 0 Å². The zero-order chi connectivity index (χ0) is 25.7. The Bertz CT molecular complexity index is 1310. The topological polar surface area (TPSA) is 187 Å². The summed E-state index contributed by atoms with van der Waals surface area (Å²) in [5, 5.41) is 8.82. The van der Waals surface area contributed by atoms with Crippen LogP contribution >= 0.6 is 19.2 Å². The normalized spacial score (nSPS) is 18.6. The number of aliphatic imine (C=N–C) groups is 1. The maximum atomic E-state index is 13.0. The number of pyridine rings is 1. The number of ether oxygens (including phenoxy) is 1. The lowest BCUT2D eigenvalue weighted by atomic mass is 9.90. The van der Waals surface area contributed by atoms with E-state index >= 15 is 0 Å². The molecular weight excluding hydrogens is 509 g/mol. The van der Waals surface area contributed by atoms with Gasteiger partial charge in [-0.05, 0) is 25.0 Å². The number of rotatable bonds is 10. The number of aromatic nitrogens is 4. The van der Waals surface area contributed by atoms with E-state index in [1.165, 1.54) is 34.6 Å². The first kappa shape index (κ1) is 25.8. The fourth-order valence-corrected chi connectivity index (χ4v) is 4.28. The van der Waals surface area contributed by atoms with Crippen molar-refractivity contribution in [3.05, 3.63) is 59.3 Å². The first-order valence-corrected chi connectivity index (χ1v) is 13.1. The van der Waals surface area contributed by atoms with Gasteiger partial charge in [0.1, 0.15) is 10.7 Å². The van der Waals surface area contributed by atoms with Crippen LogP contribution in [0.2, 0.25) is 0 Å². The summed E-state index contributed by atoms with van der Waals surface area (Å²) in [5.41, 5.74) is 8.07. The molecule has 5 N–H and O–H groups in total. The number of phosphoric acid groups is 1. The molecule has 13 nitrogen and oxygen atoms in total. The van der Waals surface area contributed by atoms with Gasteiger partial charge in [0.05, 0.1) is 35.4 Å². The molecule has 0 bridgehead atoms. The summed E-state index contributed by atoms with van der Waals surface area (Å²) < 4.78 is 21.8. The molecule has 0 aromatic carbocycles. The van der Waals surface area contributed by atoms with Crippen LogP contribution in [-0.4, -0.2) is 60.9 Å². The smallest absolute Gasteiger partial charge is 0.395 e. The first-order chi connectivity index (χ1) is 17.2. The number of phosphoric ester groups is 1. The van der Waals surface area contributed by atoms with Crippen molar-refractivity contribution >= 4 is 37.0 Å². The molecule has 0 aliphatic heterocycles. The third-order valence-corrected chi connectivity index (χ3v) is 6.62. The quantitative estimate of drug-likeness (QED) is 0.221. The fraction of sp³-hybridized carbons (Fsp3) is 0.286. The van der Waals surface area contributed by atoms with E-state index < -0.39 is 20.5 Å².